The van der Waals surface area contributed by atoms with Crippen molar-refractivity contribution in [2.24, 2.45) is 0 Å². The Morgan fingerprint density at radius 2 is 1.90 bits per heavy atom. The van der Waals surface area contributed by atoms with Gasteiger partial charge < -0.3 is 14.8 Å². The molecule has 0 heterocycles. The maximum atomic E-state index is 12.6. The molecule has 0 bridgehead atoms. The molecular weight excluding hydrogens is 292 g/mol. The maximum Gasteiger partial charge on any atom is 0.341 e. The van der Waals surface area contributed by atoms with Crippen molar-refractivity contribution in [3.05, 3.63) is 24.3 Å². The number of hydrogen-bond acceptors (Lipinski definition) is 5. The van der Waals surface area contributed by atoms with Gasteiger partial charge in [0.1, 0.15) is 0 Å². The first kappa shape index (κ1) is 16.8. The van der Waals surface area contributed by atoms with Crippen LogP contribution in [0.15, 0.2) is 29.2 Å². The summed E-state index contributed by atoms with van der Waals surface area (Å²) in [6.07, 6.45) is -0.317. The Labute approximate surface area is 116 Å². The Balaban J connectivity index is 2.92. The molecule has 1 unspecified atom stereocenters. The molecule has 0 aliphatic carbocycles. The van der Waals surface area contributed by atoms with Gasteiger partial charge in [0, 0.05) is 20.8 Å². The van der Waals surface area contributed by atoms with Crippen LogP contribution in [0.5, 0.6) is 0 Å². The molecule has 1 aromatic carbocycles. The number of para-hydroxylation sites is 1. The van der Waals surface area contributed by atoms with Gasteiger partial charge in [0.2, 0.25) is 9.84 Å². The van der Waals surface area contributed by atoms with Gasteiger partial charge in [0.15, 0.2) is 0 Å². The van der Waals surface area contributed by atoms with Crippen molar-refractivity contribution in [3.63, 3.8) is 0 Å². The van der Waals surface area contributed by atoms with Crippen LogP contribution in [-0.4, -0.2) is 47.7 Å². The largest absolute Gasteiger partial charge is 0.382 e. The van der Waals surface area contributed by atoms with Crippen LogP contribution in [0.25, 0.3) is 0 Å². The van der Waals surface area contributed by atoms with Crippen LogP contribution in [0.4, 0.5) is 14.5 Å². The molecule has 8 heteroatoms. The molecule has 0 fully saturated rings. The normalized spacial score (nSPS) is 13.4. The molecule has 0 spiro atoms. The van der Waals surface area contributed by atoms with Crippen LogP contribution in [-0.2, 0) is 19.3 Å². The standard InChI is InChI=1S/C12H17F2NO4S/c1-18-8-9(19-2)7-15-10-5-3-4-6-11(10)20(16,17)12(13)14/h3-6,9,12,15H,7-8H2,1-2H3. The smallest absolute Gasteiger partial charge is 0.341 e. The lowest BCUT2D eigenvalue weighted by molar-refractivity contribution is 0.0365. The average Bonchev–Trinajstić information content (AvgIpc) is 2.43. The molecule has 0 amide bonds. The van der Waals surface area contributed by atoms with Gasteiger partial charge in [-0.05, 0) is 12.1 Å². The van der Waals surface area contributed by atoms with E-state index >= 15 is 0 Å². The first-order valence-corrected chi connectivity index (χ1v) is 7.34. The molecule has 0 aliphatic heterocycles. The summed E-state index contributed by atoms with van der Waals surface area (Å²) in [5.74, 6) is -3.46. The molecule has 0 radical (unpaired) electrons. The number of sulfone groups is 1. The SMILES string of the molecule is COCC(CNc1ccccc1S(=O)(=O)C(F)F)OC. The minimum absolute atomic E-state index is 0.117. The molecule has 1 aromatic rings. The quantitative estimate of drug-likeness (QED) is 0.792. The molecule has 0 aromatic heterocycles. The summed E-state index contributed by atoms with van der Waals surface area (Å²) in [5.41, 5.74) is 0.117. The number of halogens is 2. The maximum absolute atomic E-state index is 12.6. The van der Waals surface area contributed by atoms with Gasteiger partial charge in [0.05, 0.1) is 23.3 Å². The first-order chi connectivity index (χ1) is 9.43. The van der Waals surface area contributed by atoms with Crippen LogP contribution in [0.1, 0.15) is 0 Å². The number of methoxy groups -OCH3 is 2. The number of alkyl halides is 2. The van der Waals surface area contributed by atoms with E-state index in [1.54, 1.807) is 6.07 Å². The number of benzene rings is 1. The van der Waals surface area contributed by atoms with Gasteiger partial charge in [0.25, 0.3) is 0 Å². The minimum atomic E-state index is -4.64. The summed E-state index contributed by atoms with van der Waals surface area (Å²) in [4.78, 5) is -0.428. The van der Waals surface area contributed by atoms with E-state index in [0.29, 0.717) is 6.61 Å². The highest BCUT2D eigenvalue weighted by molar-refractivity contribution is 7.91. The van der Waals surface area contributed by atoms with E-state index in [2.05, 4.69) is 5.32 Å². The van der Waals surface area contributed by atoms with Gasteiger partial charge in [-0.3, -0.25) is 0 Å². The average molecular weight is 309 g/mol. The molecule has 1 N–H and O–H groups in total. The molecule has 1 rings (SSSR count). The Kier molecular flexibility index (Phi) is 6.31. The van der Waals surface area contributed by atoms with Crippen molar-refractivity contribution in [2.75, 3.05) is 32.7 Å². The third kappa shape index (κ3) is 4.12. The molecule has 5 nitrogen and oxygen atoms in total. The van der Waals surface area contributed by atoms with Gasteiger partial charge >= 0.3 is 5.76 Å². The second-order valence-corrected chi connectivity index (χ2v) is 5.88. The van der Waals surface area contributed by atoms with E-state index in [-0.39, 0.29) is 18.3 Å². The predicted octanol–water partition coefficient (Wildman–Crippen LogP) is 1.76. The van der Waals surface area contributed by atoms with Crippen molar-refractivity contribution in [3.8, 4) is 0 Å². The topological polar surface area (TPSA) is 64.6 Å². The lowest BCUT2D eigenvalue weighted by Crippen LogP contribution is -2.27. The molecule has 0 aliphatic rings. The minimum Gasteiger partial charge on any atom is -0.382 e. The summed E-state index contributed by atoms with van der Waals surface area (Å²) < 4.78 is 58.3. The van der Waals surface area contributed by atoms with E-state index in [1.807, 2.05) is 0 Å². The second-order valence-electron chi connectivity index (χ2n) is 4.00. The van der Waals surface area contributed by atoms with Crippen molar-refractivity contribution < 1.29 is 26.7 Å². The van der Waals surface area contributed by atoms with E-state index in [4.69, 9.17) is 9.47 Å². The van der Waals surface area contributed by atoms with Gasteiger partial charge in [-0.15, -0.1) is 0 Å². The van der Waals surface area contributed by atoms with Crippen LogP contribution < -0.4 is 5.32 Å². The summed E-state index contributed by atoms with van der Waals surface area (Å²) in [6, 6.07) is 5.52. The van der Waals surface area contributed by atoms with Crippen LogP contribution in [0.3, 0.4) is 0 Å². The summed E-state index contributed by atoms with van der Waals surface area (Å²) >= 11 is 0. The third-order valence-corrected chi connectivity index (χ3v) is 4.07. The molecule has 0 saturated carbocycles. The lowest BCUT2D eigenvalue weighted by Gasteiger charge is -2.17. The number of ether oxygens (including phenoxy) is 2. The Morgan fingerprint density at radius 1 is 1.25 bits per heavy atom. The fraction of sp³-hybridized carbons (Fsp3) is 0.500. The molecule has 20 heavy (non-hydrogen) atoms. The van der Waals surface area contributed by atoms with E-state index in [9.17, 15) is 17.2 Å². The number of anilines is 1. The highest BCUT2D eigenvalue weighted by Crippen LogP contribution is 2.26. The van der Waals surface area contributed by atoms with E-state index in [1.165, 1.54) is 26.4 Å². The summed E-state index contributed by atoms with van der Waals surface area (Å²) in [6.45, 7) is 0.535. The number of nitrogens with one attached hydrogen (secondary N) is 1. The molecule has 0 saturated heterocycles. The Bertz CT molecular complexity index is 522. The summed E-state index contributed by atoms with van der Waals surface area (Å²) in [7, 11) is -1.66. The fourth-order valence-corrected chi connectivity index (χ4v) is 2.48. The van der Waals surface area contributed by atoms with Crippen LogP contribution in [0.2, 0.25) is 0 Å². The summed E-state index contributed by atoms with van der Waals surface area (Å²) in [5, 5.41) is 2.79. The first-order valence-electron chi connectivity index (χ1n) is 5.80. The fourth-order valence-electron chi connectivity index (χ4n) is 1.58. The Hall–Kier alpha value is -1.25. The Morgan fingerprint density at radius 3 is 2.45 bits per heavy atom. The molecular formula is C12H17F2NO4S. The number of rotatable bonds is 8. The molecule has 1 atom stereocenters. The van der Waals surface area contributed by atoms with Crippen LogP contribution >= 0.6 is 0 Å². The van der Waals surface area contributed by atoms with Crippen molar-refractivity contribution in [1.82, 2.24) is 0 Å². The zero-order chi connectivity index (χ0) is 15.2. The van der Waals surface area contributed by atoms with E-state index < -0.39 is 20.5 Å². The highest BCUT2D eigenvalue weighted by atomic mass is 32.2. The monoisotopic (exact) mass is 309 g/mol. The van der Waals surface area contributed by atoms with E-state index in [0.717, 1.165) is 6.07 Å². The van der Waals surface area contributed by atoms with Crippen LogP contribution in [0, 0.1) is 0 Å². The second kappa shape index (κ2) is 7.51. The highest BCUT2D eigenvalue weighted by Gasteiger charge is 2.29. The third-order valence-electron chi connectivity index (χ3n) is 2.63. The zero-order valence-corrected chi connectivity index (χ0v) is 12.0. The zero-order valence-electron chi connectivity index (χ0n) is 11.2. The van der Waals surface area contributed by atoms with Crippen molar-refractivity contribution >= 4 is 15.5 Å². The van der Waals surface area contributed by atoms with Crippen molar-refractivity contribution in [2.45, 2.75) is 16.8 Å². The van der Waals surface area contributed by atoms with Gasteiger partial charge in [-0.1, -0.05) is 12.1 Å². The lowest BCUT2D eigenvalue weighted by atomic mass is 10.3. The number of hydrogen-bond donors (Lipinski definition) is 1. The van der Waals surface area contributed by atoms with Gasteiger partial charge in [-0.25, -0.2) is 8.42 Å². The van der Waals surface area contributed by atoms with Crippen molar-refractivity contribution in [1.29, 1.82) is 0 Å². The van der Waals surface area contributed by atoms with Gasteiger partial charge in [-0.2, -0.15) is 8.78 Å². The molecule has 114 valence electrons. The predicted molar refractivity (Wildman–Crippen MR) is 70.8 cm³/mol.